The Hall–Kier alpha value is -2.00. The van der Waals surface area contributed by atoms with Gasteiger partial charge in [-0.2, -0.15) is 0 Å². The third-order valence-electron chi connectivity index (χ3n) is 6.42. The number of halogens is 1. The summed E-state index contributed by atoms with van der Waals surface area (Å²) < 4.78 is 36.3. The standard InChI is InChI=1S/C23H26ClN3O3S2/c1-15-19-12-16(24)5-8-22(19)31-23(15)32(28,29)25-17-6-7-21(30-2)20(13-17)27-11-10-26-9-3-4-18(27)14-26/h5-8,12-13,18,25H,3-4,9-11,14H2,1-2H3. The first-order valence-electron chi connectivity index (χ1n) is 10.7. The van der Waals surface area contributed by atoms with Crippen molar-refractivity contribution in [1.29, 1.82) is 0 Å². The molecule has 5 rings (SSSR count). The van der Waals surface area contributed by atoms with Crippen LogP contribution in [0.1, 0.15) is 18.4 Å². The summed E-state index contributed by atoms with van der Waals surface area (Å²) in [5, 5.41) is 1.46. The van der Waals surface area contributed by atoms with Crippen LogP contribution in [0.3, 0.4) is 0 Å². The first kappa shape index (κ1) is 21.8. The fourth-order valence-electron chi connectivity index (χ4n) is 4.84. The molecule has 0 spiro atoms. The molecule has 1 aromatic heterocycles. The van der Waals surface area contributed by atoms with Gasteiger partial charge in [0.1, 0.15) is 9.96 Å². The summed E-state index contributed by atoms with van der Waals surface area (Å²) in [4.78, 5) is 4.87. The fourth-order valence-corrected chi connectivity index (χ4v) is 7.81. The number of nitrogens with zero attached hydrogens (tertiary/aromatic N) is 2. The Morgan fingerprint density at radius 1 is 1.16 bits per heavy atom. The Morgan fingerprint density at radius 3 is 2.81 bits per heavy atom. The average molecular weight is 492 g/mol. The van der Waals surface area contributed by atoms with Gasteiger partial charge in [-0.15, -0.1) is 11.3 Å². The van der Waals surface area contributed by atoms with E-state index in [9.17, 15) is 8.42 Å². The van der Waals surface area contributed by atoms with Crippen molar-refractivity contribution in [2.45, 2.75) is 30.0 Å². The van der Waals surface area contributed by atoms with E-state index >= 15 is 0 Å². The summed E-state index contributed by atoms with van der Waals surface area (Å²) in [6.45, 7) is 5.96. The second kappa shape index (κ2) is 8.41. The Morgan fingerprint density at radius 2 is 2.00 bits per heavy atom. The first-order chi connectivity index (χ1) is 15.4. The lowest BCUT2D eigenvalue weighted by atomic mass is 10.00. The number of hydrogen-bond acceptors (Lipinski definition) is 6. The zero-order chi connectivity index (χ0) is 22.5. The second-order valence-corrected chi connectivity index (χ2v) is 11.8. The van der Waals surface area contributed by atoms with Crippen LogP contribution in [0.5, 0.6) is 5.75 Å². The molecule has 2 bridgehead atoms. The molecule has 3 aromatic rings. The van der Waals surface area contributed by atoms with E-state index in [4.69, 9.17) is 16.3 Å². The van der Waals surface area contributed by atoms with E-state index in [1.54, 1.807) is 19.2 Å². The zero-order valence-electron chi connectivity index (χ0n) is 18.1. The second-order valence-electron chi connectivity index (χ2n) is 8.44. The van der Waals surface area contributed by atoms with Gasteiger partial charge in [0.15, 0.2) is 0 Å². The van der Waals surface area contributed by atoms with Gasteiger partial charge in [0, 0.05) is 35.4 Å². The van der Waals surface area contributed by atoms with Crippen LogP contribution in [0.4, 0.5) is 11.4 Å². The largest absolute Gasteiger partial charge is 0.495 e. The van der Waals surface area contributed by atoms with Crippen molar-refractivity contribution in [2.24, 2.45) is 0 Å². The Bertz CT molecular complexity index is 1270. The molecule has 0 radical (unpaired) electrons. The molecule has 0 amide bonds. The summed E-state index contributed by atoms with van der Waals surface area (Å²) in [6.07, 6.45) is 2.32. The van der Waals surface area contributed by atoms with Crippen LogP contribution in [0.25, 0.3) is 10.1 Å². The molecule has 2 fully saturated rings. The van der Waals surface area contributed by atoms with Crippen molar-refractivity contribution in [3.8, 4) is 5.75 Å². The van der Waals surface area contributed by atoms with Crippen molar-refractivity contribution < 1.29 is 13.2 Å². The maximum Gasteiger partial charge on any atom is 0.271 e. The topological polar surface area (TPSA) is 61.9 Å². The zero-order valence-corrected chi connectivity index (χ0v) is 20.5. The minimum absolute atomic E-state index is 0.313. The molecule has 170 valence electrons. The van der Waals surface area contributed by atoms with Crippen LogP contribution in [0, 0.1) is 6.92 Å². The van der Waals surface area contributed by atoms with Gasteiger partial charge in [-0.05, 0) is 73.7 Å². The molecular weight excluding hydrogens is 466 g/mol. The summed E-state index contributed by atoms with van der Waals surface area (Å²) >= 11 is 7.38. The number of thiophene rings is 1. The number of ether oxygens (including phenoxy) is 1. The predicted molar refractivity (Wildman–Crippen MR) is 132 cm³/mol. The average Bonchev–Trinajstić information content (AvgIpc) is 3.11. The molecule has 2 aliphatic heterocycles. The smallest absolute Gasteiger partial charge is 0.271 e. The Kier molecular flexibility index (Phi) is 5.73. The normalized spacial score (nSPS) is 21.0. The maximum absolute atomic E-state index is 13.3. The van der Waals surface area contributed by atoms with Crippen molar-refractivity contribution in [1.82, 2.24) is 4.90 Å². The van der Waals surface area contributed by atoms with Crippen molar-refractivity contribution in [3.63, 3.8) is 0 Å². The number of piperidine rings is 1. The van der Waals surface area contributed by atoms with E-state index < -0.39 is 10.0 Å². The van der Waals surface area contributed by atoms with E-state index in [0.717, 1.165) is 47.6 Å². The summed E-state index contributed by atoms with van der Waals surface area (Å²) in [7, 11) is -2.09. The summed E-state index contributed by atoms with van der Waals surface area (Å²) in [5.74, 6) is 0.764. The van der Waals surface area contributed by atoms with Crippen LogP contribution in [0.15, 0.2) is 40.6 Å². The highest BCUT2D eigenvalue weighted by molar-refractivity contribution is 7.94. The van der Waals surface area contributed by atoms with Crippen LogP contribution >= 0.6 is 22.9 Å². The molecule has 3 heterocycles. The molecular formula is C23H26ClN3O3S2. The van der Waals surface area contributed by atoms with Crippen molar-refractivity contribution in [3.05, 3.63) is 47.0 Å². The van der Waals surface area contributed by atoms with Crippen LogP contribution < -0.4 is 14.4 Å². The number of fused-ring (bicyclic) bond motifs is 3. The minimum Gasteiger partial charge on any atom is -0.495 e. The number of anilines is 2. The molecule has 32 heavy (non-hydrogen) atoms. The number of sulfonamides is 1. The highest BCUT2D eigenvalue weighted by Crippen LogP contribution is 2.39. The van der Waals surface area contributed by atoms with E-state index in [0.29, 0.717) is 26.5 Å². The van der Waals surface area contributed by atoms with Crippen LogP contribution in [-0.2, 0) is 10.0 Å². The lowest BCUT2D eigenvalue weighted by Gasteiger charge is -2.46. The Labute approximate surface area is 197 Å². The van der Waals surface area contributed by atoms with Gasteiger partial charge >= 0.3 is 0 Å². The van der Waals surface area contributed by atoms with Gasteiger partial charge in [0.05, 0.1) is 18.5 Å². The minimum atomic E-state index is -3.74. The molecule has 2 atom stereocenters. The summed E-state index contributed by atoms with van der Waals surface area (Å²) in [5.41, 5.74) is 2.19. The molecule has 2 aromatic carbocycles. The van der Waals surface area contributed by atoms with E-state index in [-0.39, 0.29) is 0 Å². The van der Waals surface area contributed by atoms with Crippen molar-refractivity contribution in [2.75, 3.05) is 42.9 Å². The van der Waals surface area contributed by atoms with Gasteiger partial charge < -0.3 is 9.64 Å². The molecule has 0 aliphatic carbocycles. The van der Waals surface area contributed by atoms with E-state index in [1.165, 1.54) is 24.3 Å². The molecule has 9 heteroatoms. The third kappa shape index (κ3) is 3.94. The van der Waals surface area contributed by atoms with Gasteiger partial charge in [-0.1, -0.05) is 11.6 Å². The predicted octanol–water partition coefficient (Wildman–Crippen LogP) is 4.96. The van der Waals surface area contributed by atoms with Crippen LogP contribution in [-0.4, -0.2) is 52.6 Å². The lowest BCUT2D eigenvalue weighted by molar-refractivity contribution is 0.174. The van der Waals surface area contributed by atoms with E-state index in [2.05, 4.69) is 14.5 Å². The number of aryl methyl sites for hydroxylation is 1. The highest BCUT2D eigenvalue weighted by Gasteiger charge is 2.32. The number of rotatable bonds is 5. The monoisotopic (exact) mass is 491 g/mol. The molecule has 2 unspecified atom stereocenters. The number of hydrogen-bond donors (Lipinski definition) is 1. The quantitative estimate of drug-likeness (QED) is 0.546. The van der Waals surface area contributed by atoms with Crippen molar-refractivity contribution >= 4 is 54.4 Å². The Balaban J connectivity index is 1.48. The number of benzene rings is 2. The van der Waals surface area contributed by atoms with Gasteiger partial charge in [-0.3, -0.25) is 9.62 Å². The molecule has 2 aliphatic rings. The van der Waals surface area contributed by atoms with Gasteiger partial charge in [0.25, 0.3) is 10.0 Å². The lowest BCUT2D eigenvalue weighted by Crippen LogP contribution is -2.56. The number of nitrogens with one attached hydrogen (secondary N) is 1. The van der Waals surface area contributed by atoms with Gasteiger partial charge in [-0.25, -0.2) is 8.42 Å². The summed E-state index contributed by atoms with van der Waals surface area (Å²) in [6, 6.07) is 11.4. The van der Waals surface area contributed by atoms with Crippen LogP contribution in [0.2, 0.25) is 5.02 Å². The SMILES string of the molecule is COc1ccc(NS(=O)(=O)c2sc3ccc(Cl)cc3c2C)cc1N1CCN2CCCC1C2. The highest BCUT2D eigenvalue weighted by atomic mass is 35.5. The van der Waals surface area contributed by atoms with Gasteiger partial charge in [0.2, 0.25) is 0 Å². The van der Waals surface area contributed by atoms with E-state index in [1.807, 2.05) is 31.2 Å². The molecule has 2 saturated heterocycles. The number of methoxy groups -OCH3 is 1. The number of piperazine rings is 1. The first-order valence-corrected chi connectivity index (χ1v) is 13.4. The molecule has 1 N–H and O–H groups in total. The molecule has 0 saturated carbocycles. The third-order valence-corrected chi connectivity index (χ3v) is 9.93. The fraction of sp³-hybridized carbons (Fsp3) is 0.391. The maximum atomic E-state index is 13.3. The molecule has 6 nitrogen and oxygen atoms in total.